The minimum absolute atomic E-state index is 0.330. The summed E-state index contributed by atoms with van der Waals surface area (Å²) in [5.74, 6) is -0.380. The van der Waals surface area contributed by atoms with Crippen LogP contribution < -0.4 is 0 Å². The van der Waals surface area contributed by atoms with Gasteiger partial charge < -0.3 is 14.4 Å². The molecule has 138 valence electrons. The van der Waals surface area contributed by atoms with Crippen molar-refractivity contribution in [2.24, 2.45) is 0 Å². The van der Waals surface area contributed by atoms with Crippen LogP contribution >= 0.6 is 11.6 Å². The number of carbonyl (C=O) groups is 2. The van der Waals surface area contributed by atoms with E-state index in [-0.39, 0.29) is 12.1 Å². The number of piperidine rings is 1. The van der Waals surface area contributed by atoms with E-state index in [0.29, 0.717) is 42.3 Å². The quantitative estimate of drug-likeness (QED) is 0.508. The number of ether oxygens (including phenoxy) is 2. The second-order valence-corrected chi connectivity index (χ2v) is 7.27. The Labute approximate surface area is 153 Å². The fraction of sp³-hybridized carbons (Fsp3) is 0.611. The Morgan fingerprint density at radius 3 is 2.44 bits per heavy atom. The Morgan fingerprint density at radius 1 is 1.28 bits per heavy atom. The standard InChI is InChI=1S/C16H19ClN2O4.C2H6/c1-15(2,3)23-14(21)19-8-6-16(7-9-19)12-10(13(20)22-16)4-5-11(17)18-12;1-2/h4-5H,6-9H2,1-3H3;1-2H3. The highest BCUT2D eigenvalue weighted by Gasteiger charge is 2.49. The van der Waals surface area contributed by atoms with Crippen LogP contribution in [0.4, 0.5) is 4.79 Å². The van der Waals surface area contributed by atoms with E-state index in [1.54, 1.807) is 17.0 Å². The average Bonchev–Trinajstić information content (AvgIpc) is 2.80. The topological polar surface area (TPSA) is 68.7 Å². The normalized spacial score (nSPS) is 18.2. The van der Waals surface area contributed by atoms with Gasteiger partial charge in [0.1, 0.15) is 16.4 Å². The lowest BCUT2D eigenvalue weighted by Crippen LogP contribution is -2.47. The maximum atomic E-state index is 12.1. The van der Waals surface area contributed by atoms with Gasteiger partial charge in [0.05, 0.1) is 5.56 Å². The van der Waals surface area contributed by atoms with Gasteiger partial charge in [-0.2, -0.15) is 0 Å². The average molecular weight is 369 g/mol. The van der Waals surface area contributed by atoms with Crippen LogP contribution in [0.15, 0.2) is 12.1 Å². The molecule has 0 radical (unpaired) electrons. The van der Waals surface area contributed by atoms with E-state index in [9.17, 15) is 9.59 Å². The van der Waals surface area contributed by atoms with E-state index in [4.69, 9.17) is 21.1 Å². The lowest BCUT2D eigenvalue weighted by atomic mass is 9.87. The third-order valence-electron chi connectivity index (χ3n) is 4.02. The van der Waals surface area contributed by atoms with E-state index >= 15 is 0 Å². The number of carbonyl (C=O) groups excluding carboxylic acids is 2. The minimum Gasteiger partial charge on any atom is -0.449 e. The van der Waals surface area contributed by atoms with Crippen molar-refractivity contribution in [1.82, 2.24) is 9.88 Å². The number of rotatable bonds is 0. The van der Waals surface area contributed by atoms with Crippen molar-refractivity contribution in [3.63, 3.8) is 0 Å². The van der Waals surface area contributed by atoms with Crippen LogP contribution in [0, 0.1) is 0 Å². The summed E-state index contributed by atoms with van der Waals surface area (Å²) in [6.07, 6.45) is 0.618. The number of amides is 1. The minimum atomic E-state index is -0.782. The first kappa shape index (κ1) is 19.5. The molecule has 1 aromatic rings. The van der Waals surface area contributed by atoms with Gasteiger partial charge in [-0.05, 0) is 32.9 Å². The van der Waals surface area contributed by atoms with Gasteiger partial charge in [0, 0.05) is 25.9 Å². The molecule has 1 spiro atoms. The molecular formula is C18H25ClN2O4. The summed E-state index contributed by atoms with van der Waals surface area (Å²) in [4.78, 5) is 30.1. The maximum Gasteiger partial charge on any atom is 0.410 e. The third-order valence-corrected chi connectivity index (χ3v) is 4.23. The molecule has 1 amide bonds. The van der Waals surface area contributed by atoms with Crippen LogP contribution in [-0.2, 0) is 15.1 Å². The number of hydrogen-bond acceptors (Lipinski definition) is 5. The number of halogens is 1. The van der Waals surface area contributed by atoms with Crippen LogP contribution in [0.3, 0.4) is 0 Å². The van der Waals surface area contributed by atoms with Crippen LogP contribution in [0.5, 0.6) is 0 Å². The largest absolute Gasteiger partial charge is 0.449 e. The van der Waals surface area contributed by atoms with E-state index in [0.717, 1.165) is 0 Å². The molecule has 0 bridgehead atoms. The molecule has 3 rings (SSSR count). The predicted octanol–water partition coefficient (Wildman–Crippen LogP) is 4.16. The number of hydrogen-bond donors (Lipinski definition) is 0. The number of fused-ring (bicyclic) bond motifs is 2. The van der Waals surface area contributed by atoms with Gasteiger partial charge >= 0.3 is 12.1 Å². The van der Waals surface area contributed by atoms with E-state index in [1.807, 2.05) is 34.6 Å². The predicted molar refractivity (Wildman–Crippen MR) is 94.7 cm³/mol. The fourth-order valence-electron chi connectivity index (χ4n) is 2.94. The number of likely N-dealkylation sites (tertiary alicyclic amines) is 1. The SMILES string of the molecule is CC.CC(C)(C)OC(=O)N1CCC2(CC1)OC(=O)c1ccc(Cl)nc12. The number of esters is 1. The molecule has 1 saturated heterocycles. The molecule has 7 heteroatoms. The van der Waals surface area contributed by atoms with Crippen molar-refractivity contribution in [2.45, 2.75) is 58.7 Å². The van der Waals surface area contributed by atoms with Gasteiger partial charge in [-0.3, -0.25) is 0 Å². The molecule has 0 aromatic carbocycles. The van der Waals surface area contributed by atoms with Gasteiger partial charge in [0.2, 0.25) is 0 Å². The zero-order chi connectivity index (χ0) is 18.8. The van der Waals surface area contributed by atoms with Crippen molar-refractivity contribution in [3.05, 3.63) is 28.5 Å². The van der Waals surface area contributed by atoms with E-state index < -0.39 is 11.2 Å². The molecule has 25 heavy (non-hydrogen) atoms. The molecule has 2 aliphatic heterocycles. The number of nitrogens with zero attached hydrogens (tertiary/aromatic N) is 2. The Bertz CT molecular complexity index is 662. The monoisotopic (exact) mass is 368 g/mol. The molecule has 0 saturated carbocycles. The Balaban J connectivity index is 0.00000109. The molecule has 0 atom stereocenters. The molecule has 2 aliphatic rings. The maximum absolute atomic E-state index is 12.1. The summed E-state index contributed by atoms with van der Waals surface area (Å²) in [6.45, 7) is 10.4. The molecular weight excluding hydrogens is 344 g/mol. The van der Waals surface area contributed by atoms with Gasteiger partial charge in [0.15, 0.2) is 5.60 Å². The molecule has 0 aliphatic carbocycles. The lowest BCUT2D eigenvalue weighted by Gasteiger charge is -2.38. The zero-order valence-electron chi connectivity index (χ0n) is 15.4. The van der Waals surface area contributed by atoms with Crippen molar-refractivity contribution in [1.29, 1.82) is 0 Å². The van der Waals surface area contributed by atoms with Gasteiger partial charge in [-0.15, -0.1) is 0 Å². The highest BCUT2D eigenvalue weighted by Crippen LogP contribution is 2.43. The summed E-state index contributed by atoms with van der Waals surface area (Å²) in [5, 5.41) is 0.330. The van der Waals surface area contributed by atoms with Crippen molar-refractivity contribution >= 4 is 23.7 Å². The Hall–Kier alpha value is -1.82. The smallest absolute Gasteiger partial charge is 0.410 e. The summed E-state index contributed by atoms with van der Waals surface area (Å²) in [7, 11) is 0. The van der Waals surface area contributed by atoms with Crippen LogP contribution in [0.1, 0.15) is 63.5 Å². The van der Waals surface area contributed by atoms with Crippen LogP contribution in [0.2, 0.25) is 5.15 Å². The van der Waals surface area contributed by atoms with Gasteiger partial charge in [-0.25, -0.2) is 14.6 Å². The highest BCUT2D eigenvalue weighted by molar-refractivity contribution is 6.29. The second kappa shape index (κ2) is 7.20. The summed E-state index contributed by atoms with van der Waals surface area (Å²) in [6, 6.07) is 3.22. The number of aromatic nitrogens is 1. The molecule has 1 aromatic heterocycles. The van der Waals surface area contributed by atoms with Gasteiger partial charge in [-0.1, -0.05) is 25.4 Å². The summed E-state index contributed by atoms with van der Waals surface area (Å²) < 4.78 is 11.0. The Morgan fingerprint density at radius 2 is 1.88 bits per heavy atom. The molecule has 0 N–H and O–H groups in total. The van der Waals surface area contributed by atoms with Crippen LogP contribution in [0.25, 0.3) is 0 Å². The van der Waals surface area contributed by atoms with Crippen molar-refractivity contribution < 1.29 is 19.1 Å². The summed E-state index contributed by atoms with van der Waals surface area (Å²) in [5.41, 5.74) is -0.275. The highest BCUT2D eigenvalue weighted by atomic mass is 35.5. The summed E-state index contributed by atoms with van der Waals surface area (Å²) >= 11 is 5.96. The first-order valence-corrected chi connectivity index (χ1v) is 8.96. The first-order valence-electron chi connectivity index (χ1n) is 8.58. The Kier molecular flexibility index (Phi) is 5.62. The van der Waals surface area contributed by atoms with Crippen LogP contribution in [-0.4, -0.2) is 40.6 Å². The van der Waals surface area contributed by atoms with E-state index in [1.165, 1.54) is 0 Å². The number of pyridine rings is 1. The molecule has 0 unspecified atom stereocenters. The lowest BCUT2D eigenvalue weighted by molar-refractivity contribution is -0.0487. The molecule has 1 fully saturated rings. The van der Waals surface area contributed by atoms with Crippen molar-refractivity contribution in [2.75, 3.05) is 13.1 Å². The van der Waals surface area contributed by atoms with Crippen molar-refractivity contribution in [3.8, 4) is 0 Å². The third kappa shape index (κ3) is 4.06. The molecule has 6 nitrogen and oxygen atoms in total. The van der Waals surface area contributed by atoms with E-state index in [2.05, 4.69) is 4.98 Å². The first-order chi connectivity index (χ1) is 11.7. The zero-order valence-corrected chi connectivity index (χ0v) is 16.1. The fourth-order valence-corrected chi connectivity index (χ4v) is 3.09. The molecule has 3 heterocycles. The second-order valence-electron chi connectivity index (χ2n) is 6.88. The van der Waals surface area contributed by atoms with Gasteiger partial charge in [0.25, 0.3) is 0 Å².